The summed E-state index contributed by atoms with van der Waals surface area (Å²) in [6.45, 7) is 5.87. The first-order valence-electron chi connectivity index (χ1n) is 6.02. The van der Waals surface area contributed by atoms with Gasteiger partial charge in [0.1, 0.15) is 11.7 Å². The third kappa shape index (κ3) is 1.72. The van der Waals surface area contributed by atoms with Gasteiger partial charge >= 0.3 is 0 Å². The lowest BCUT2D eigenvalue weighted by atomic mass is 9.67. The molecular weight excluding hydrogens is 194 g/mol. The van der Waals surface area contributed by atoms with Gasteiger partial charge < -0.3 is 0 Å². The predicted octanol–water partition coefficient (Wildman–Crippen LogP) is 4.62. The fourth-order valence-corrected chi connectivity index (χ4v) is 3.30. The maximum Gasteiger partial charge on any atom is 0.135 e. The Balaban J connectivity index is 2.21. The van der Waals surface area contributed by atoms with E-state index in [1.54, 1.807) is 6.92 Å². The van der Waals surface area contributed by atoms with E-state index >= 15 is 0 Å². The number of allylic oxidation sites excluding steroid dienone is 2. The first kappa shape index (κ1) is 11.1. The molecule has 0 heterocycles. The van der Waals surface area contributed by atoms with Crippen molar-refractivity contribution in [3.63, 3.8) is 0 Å². The Morgan fingerprint density at radius 1 is 1.27 bits per heavy atom. The summed E-state index contributed by atoms with van der Waals surface area (Å²) in [6, 6.07) is 0. The summed E-state index contributed by atoms with van der Waals surface area (Å²) in [4.78, 5) is 0. The average Bonchev–Trinajstić information content (AvgIpc) is 2.96. The second kappa shape index (κ2) is 3.57. The molecule has 0 aliphatic heterocycles. The van der Waals surface area contributed by atoms with Crippen molar-refractivity contribution >= 4 is 0 Å². The van der Waals surface area contributed by atoms with E-state index in [1.807, 2.05) is 0 Å². The van der Waals surface area contributed by atoms with Gasteiger partial charge in [0.2, 0.25) is 0 Å². The van der Waals surface area contributed by atoms with Gasteiger partial charge in [0, 0.05) is 5.92 Å². The van der Waals surface area contributed by atoms with Crippen molar-refractivity contribution in [1.29, 1.82) is 0 Å². The van der Waals surface area contributed by atoms with Gasteiger partial charge in [-0.3, -0.25) is 0 Å². The number of hydrogen-bond acceptors (Lipinski definition) is 0. The lowest BCUT2D eigenvalue weighted by molar-refractivity contribution is 0.124. The van der Waals surface area contributed by atoms with Gasteiger partial charge in [-0.25, -0.2) is 8.78 Å². The Morgan fingerprint density at radius 3 is 2.53 bits per heavy atom. The highest BCUT2D eigenvalue weighted by atomic mass is 19.2. The van der Waals surface area contributed by atoms with Crippen LogP contribution < -0.4 is 0 Å². The molecule has 0 amide bonds. The van der Waals surface area contributed by atoms with E-state index in [2.05, 4.69) is 13.8 Å². The van der Waals surface area contributed by atoms with E-state index in [9.17, 15) is 8.78 Å². The van der Waals surface area contributed by atoms with Crippen molar-refractivity contribution in [3.05, 3.63) is 11.7 Å². The lowest BCUT2D eigenvalue weighted by Gasteiger charge is -2.37. The maximum atomic E-state index is 13.9. The van der Waals surface area contributed by atoms with Crippen LogP contribution in [0.1, 0.15) is 46.5 Å². The smallest absolute Gasteiger partial charge is 0.135 e. The topological polar surface area (TPSA) is 0 Å². The van der Waals surface area contributed by atoms with Crippen LogP contribution in [-0.4, -0.2) is 0 Å². The molecule has 2 rings (SSSR count). The first-order chi connectivity index (χ1) is 6.98. The zero-order valence-electron chi connectivity index (χ0n) is 9.82. The summed E-state index contributed by atoms with van der Waals surface area (Å²) in [7, 11) is 0. The van der Waals surface area contributed by atoms with E-state index < -0.39 is 11.7 Å². The van der Waals surface area contributed by atoms with Crippen molar-refractivity contribution in [2.45, 2.75) is 46.5 Å². The monoisotopic (exact) mass is 214 g/mol. The zero-order valence-corrected chi connectivity index (χ0v) is 9.82. The molecule has 0 radical (unpaired) electrons. The Kier molecular flexibility index (Phi) is 2.64. The highest BCUT2D eigenvalue weighted by Gasteiger charge is 2.55. The molecule has 0 N–H and O–H groups in total. The van der Waals surface area contributed by atoms with Gasteiger partial charge in [-0.1, -0.05) is 20.8 Å². The fourth-order valence-electron chi connectivity index (χ4n) is 3.30. The number of halogens is 2. The van der Waals surface area contributed by atoms with Crippen molar-refractivity contribution in [1.82, 2.24) is 0 Å². The van der Waals surface area contributed by atoms with Crippen LogP contribution in [0.25, 0.3) is 0 Å². The van der Waals surface area contributed by atoms with Gasteiger partial charge in [0.05, 0.1) is 0 Å². The SMILES string of the molecule is CC/C(F)=C(/F)C1CCC2C[C@H]2C1(C)C. The van der Waals surface area contributed by atoms with Gasteiger partial charge in [-0.2, -0.15) is 0 Å². The summed E-state index contributed by atoms with van der Waals surface area (Å²) in [5, 5.41) is 0. The summed E-state index contributed by atoms with van der Waals surface area (Å²) < 4.78 is 27.2. The number of hydrogen-bond donors (Lipinski definition) is 0. The van der Waals surface area contributed by atoms with Gasteiger partial charge in [-0.05, 0) is 42.9 Å². The molecule has 0 aromatic rings. The summed E-state index contributed by atoms with van der Waals surface area (Å²) in [5.74, 6) is 0.251. The third-order valence-electron chi connectivity index (χ3n) is 4.48. The van der Waals surface area contributed by atoms with Crippen LogP contribution >= 0.6 is 0 Å². The van der Waals surface area contributed by atoms with Crippen LogP contribution in [-0.2, 0) is 0 Å². The van der Waals surface area contributed by atoms with E-state index in [0.717, 1.165) is 18.8 Å². The maximum absolute atomic E-state index is 13.9. The largest absolute Gasteiger partial charge is 0.209 e. The van der Waals surface area contributed by atoms with Crippen LogP contribution in [0.2, 0.25) is 0 Å². The molecule has 86 valence electrons. The summed E-state index contributed by atoms with van der Waals surface area (Å²) in [5.41, 5.74) is -0.0422. The van der Waals surface area contributed by atoms with Crippen LogP contribution in [0.4, 0.5) is 8.78 Å². The quantitative estimate of drug-likeness (QED) is 0.629. The minimum atomic E-state index is -0.535. The molecule has 0 bridgehead atoms. The Labute approximate surface area is 90.7 Å². The zero-order chi connectivity index (χ0) is 11.2. The van der Waals surface area contributed by atoms with Crippen molar-refractivity contribution in [2.75, 3.05) is 0 Å². The molecular formula is C13H20F2. The second-order valence-corrected chi connectivity index (χ2v) is 5.66. The normalized spacial score (nSPS) is 39.4. The molecule has 0 aromatic heterocycles. The van der Waals surface area contributed by atoms with E-state index in [0.29, 0.717) is 5.92 Å². The first-order valence-corrected chi connectivity index (χ1v) is 6.02. The number of fused-ring (bicyclic) bond motifs is 1. The molecule has 2 unspecified atom stereocenters. The highest BCUT2D eigenvalue weighted by Crippen LogP contribution is 2.63. The molecule has 2 aliphatic rings. The fraction of sp³-hybridized carbons (Fsp3) is 0.846. The van der Waals surface area contributed by atoms with Crippen LogP contribution in [0.3, 0.4) is 0 Å². The number of rotatable bonds is 2. The summed E-state index contributed by atoms with van der Waals surface area (Å²) >= 11 is 0. The molecule has 0 spiro atoms. The molecule has 2 saturated carbocycles. The second-order valence-electron chi connectivity index (χ2n) is 5.66. The highest BCUT2D eigenvalue weighted by molar-refractivity contribution is 5.14. The molecule has 0 saturated heterocycles. The van der Waals surface area contributed by atoms with Gasteiger partial charge in [-0.15, -0.1) is 0 Å². The minimum absolute atomic E-state index is 0.0422. The molecule has 0 aromatic carbocycles. The molecule has 2 heteroatoms. The van der Waals surface area contributed by atoms with Crippen molar-refractivity contribution in [2.24, 2.45) is 23.2 Å². The van der Waals surface area contributed by atoms with Gasteiger partial charge in [0.15, 0.2) is 0 Å². The van der Waals surface area contributed by atoms with E-state index in [4.69, 9.17) is 0 Å². The molecule has 15 heavy (non-hydrogen) atoms. The molecule has 2 fully saturated rings. The van der Waals surface area contributed by atoms with Crippen molar-refractivity contribution < 1.29 is 8.78 Å². The van der Waals surface area contributed by atoms with Crippen molar-refractivity contribution in [3.8, 4) is 0 Å². The lowest BCUT2D eigenvalue weighted by Crippen LogP contribution is -2.31. The minimum Gasteiger partial charge on any atom is -0.209 e. The molecule has 0 nitrogen and oxygen atoms in total. The molecule has 2 aliphatic carbocycles. The third-order valence-corrected chi connectivity index (χ3v) is 4.48. The predicted molar refractivity (Wildman–Crippen MR) is 57.6 cm³/mol. The van der Waals surface area contributed by atoms with E-state index in [-0.39, 0.29) is 17.8 Å². The average molecular weight is 214 g/mol. The van der Waals surface area contributed by atoms with Crippen LogP contribution in [0.15, 0.2) is 11.7 Å². The van der Waals surface area contributed by atoms with Crippen LogP contribution in [0.5, 0.6) is 0 Å². The van der Waals surface area contributed by atoms with E-state index in [1.165, 1.54) is 6.42 Å². The Hall–Kier alpha value is -0.400. The van der Waals surface area contributed by atoms with Crippen LogP contribution in [0, 0.1) is 23.2 Å². The van der Waals surface area contributed by atoms with Gasteiger partial charge in [0.25, 0.3) is 0 Å². The standard InChI is InChI=1S/C13H20F2/c1-4-11(14)12(15)9-6-5-8-7-10(8)13(9,2)3/h8-10H,4-7H2,1-3H3/b12-11-/t8?,9?,10-/m1/s1. The Bertz CT molecular complexity index is 291. The Morgan fingerprint density at radius 2 is 1.93 bits per heavy atom. The molecule has 3 atom stereocenters. The summed E-state index contributed by atoms with van der Waals surface area (Å²) in [6.07, 6.45) is 3.33.